The summed E-state index contributed by atoms with van der Waals surface area (Å²) in [4.78, 5) is 90.3. The number of nitrogens with zero attached hydrogens (tertiary/aromatic N) is 3. The number of fused-ring (bicyclic) bond motifs is 8. The zero-order chi connectivity index (χ0) is 44.4. The maximum atomic E-state index is 15.0. The Morgan fingerprint density at radius 1 is 0.639 bits per heavy atom. The van der Waals surface area contributed by atoms with E-state index in [0.717, 1.165) is 22.3 Å². The van der Waals surface area contributed by atoms with Crippen molar-refractivity contribution >= 4 is 41.6 Å². The molecule has 15 nitrogen and oxygen atoms in total. The minimum absolute atomic E-state index is 0.153. The van der Waals surface area contributed by atoms with Crippen LogP contribution in [-0.2, 0) is 52.3 Å². The fourth-order valence-corrected chi connectivity index (χ4v) is 11.8. The van der Waals surface area contributed by atoms with Gasteiger partial charge in [0.1, 0.15) is 0 Å². The zero-order valence-electron chi connectivity index (χ0n) is 35.7. The molecule has 8 atom stereocenters. The number of primary amides is 4. The van der Waals surface area contributed by atoms with Gasteiger partial charge >= 0.3 is 24.1 Å². The number of amides is 4. The molecule has 2 heterocycles. The van der Waals surface area contributed by atoms with Crippen LogP contribution in [0, 0.1) is 25.7 Å². The fraction of sp³-hybridized carbons (Fsp3) is 0.478. The first-order valence-corrected chi connectivity index (χ1v) is 21.0. The van der Waals surface area contributed by atoms with Crippen molar-refractivity contribution in [1.82, 2.24) is 9.80 Å². The van der Waals surface area contributed by atoms with Crippen LogP contribution < -0.4 is 27.8 Å². The standard InChI is InChI=1S/C46H57N7O8/c1-26-10-7-11-34(29(26)4)53(35-12-8-22-51(35)45(37(47)54,39(56)60-41(49)58)43(5)27(2)24-30-14-18-32(43)19-15-30)36-13-9-23-52(36)46(38(48)55,40(57)61-42(50)59)44(6)28(3)25-31-16-20-33(44)21-17-31/h7,10-11,14-21,27-28,35-36H,8-9,12-13,22-25H2,1-6H3,(H2,47,54)(H2,48,55)(H2,49,58)(H2,50,59)/t27?,28?,35?,36?,43-,44-,45+,46+/m1/s1. The molecule has 6 aliphatic rings. The van der Waals surface area contributed by atoms with Crippen LogP contribution in [0.25, 0.3) is 0 Å². The van der Waals surface area contributed by atoms with E-state index in [1.807, 2.05) is 99.3 Å². The van der Waals surface area contributed by atoms with Crippen molar-refractivity contribution in [3.8, 4) is 0 Å². The Bertz CT molecular complexity index is 2150. The number of ether oxygens (including phenoxy) is 2. The number of carbonyl (C=O) groups excluding carboxylic acids is 6. The Morgan fingerprint density at radius 3 is 1.39 bits per heavy atom. The summed E-state index contributed by atoms with van der Waals surface area (Å²) in [5, 5.41) is 0. The molecule has 0 radical (unpaired) electrons. The molecule has 0 aromatic heterocycles. The van der Waals surface area contributed by atoms with Gasteiger partial charge in [0, 0.05) is 29.6 Å². The van der Waals surface area contributed by atoms with Gasteiger partial charge in [0.15, 0.2) is 0 Å². The zero-order valence-corrected chi connectivity index (χ0v) is 35.7. The average molecular weight is 836 g/mol. The van der Waals surface area contributed by atoms with Crippen LogP contribution in [0.4, 0.5) is 15.3 Å². The van der Waals surface area contributed by atoms with Crippen LogP contribution in [0.5, 0.6) is 0 Å². The minimum Gasteiger partial charge on any atom is -0.375 e. The summed E-state index contributed by atoms with van der Waals surface area (Å²) in [6, 6.07) is 21.0. The molecular weight excluding hydrogens is 779 g/mol. The number of nitrogens with two attached hydrogens (primary N) is 4. The van der Waals surface area contributed by atoms with Crippen LogP contribution in [0.2, 0.25) is 0 Å². The maximum Gasteiger partial charge on any atom is 0.412 e. The lowest BCUT2D eigenvalue weighted by atomic mass is 9.58. The minimum atomic E-state index is -2.33. The van der Waals surface area contributed by atoms with Gasteiger partial charge in [-0.1, -0.05) is 88.4 Å². The maximum absolute atomic E-state index is 15.0. The van der Waals surface area contributed by atoms with Gasteiger partial charge in [0.05, 0.1) is 12.3 Å². The topological polar surface area (TPSA) is 235 Å². The summed E-state index contributed by atoms with van der Waals surface area (Å²) in [7, 11) is 0. The lowest BCUT2D eigenvalue weighted by Gasteiger charge is -2.58. The first kappa shape index (κ1) is 43.3. The Morgan fingerprint density at radius 2 is 1.03 bits per heavy atom. The van der Waals surface area contributed by atoms with E-state index in [0.29, 0.717) is 55.3 Å². The second-order valence-corrected chi connectivity index (χ2v) is 17.8. The highest BCUT2D eigenvalue weighted by atomic mass is 16.6. The normalized spacial score (nSPS) is 27.9. The third-order valence-electron chi connectivity index (χ3n) is 15.2. The molecule has 2 fully saturated rings. The highest BCUT2D eigenvalue weighted by molar-refractivity contribution is 6.12. The summed E-state index contributed by atoms with van der Waals surface area (Å²) in [5.41, 5.74) is 22.6. The smallest absolute Gasteiger partial charge is 0.375 e. The van der Waals surface area contributed by atoms with Crippen molar-refractivity contribution in [2.24, 2.45) is 34.8 Å². The third kappa shape index (κ3) is 6.21. The molecule has 4 bridgehead atoms. The largest absolute Gasteiger partial charge is 0.412 e. The summed E-state index contributed by atoms with van der Waals surface area (Å²) in [6.45, 7) is 11.7. The lowest BCUT2D eigenvalue weighted by molar-refractivity contribution is -0.168. The number of anilines is 1. The van der Waals surface area contributed by atoms with Gasteiger partial charge in [-0.25, -0.2) is 19.2 Å². The molecule has 4 aliphatic carbocycles. The molecule has 0 saturated carbocycles. The van der Waals surface area contributed by atoms with E-state index in [9.17, 15) is 19.2 Å². The second-order valence-electron chi connectivity index (χ2n) is 17.8. The molecule has 3 aromatic carbocycles. The second kappa shape index (κ2) is 15.6. The molecule has 324 valence electrons. The van der Waals surface area contributed by atoms with Crippen molar-refractivity contribution in [2.45, 2.75) is 114 Å². The van der Waals surface area contributed by atoms with Gasteiger partial charge in [-0.15, -0.1) is 0 Å². The number of esters is 2. The van der Waals surface area contributed by atoms with Crippen molar-refractivity contribution in [2.75, 3.05) is 18.0 Å². The lowest BCUT2D eigenvalue weighted by Crippen LogP contribution is -2.79. The Balaban J connectivity index is 1.51. The van der Waals surface area contributed by atoms with Crippen LogP contribution in [-0.4, -0.2) is 82.2 Å². The van der Waals surface area contributed by atoms with Gasteiger partial charge in [-0.2, -0.15) is 0 Å². The highest BCUT2D eigenvalue weighted by Gasteiger charge is 2.71. The molecule has 0 spiro atoms. The molecule has 2 aliphatic heterocycles. The van der Waals surface area contributed by atoms with Crippen LogP contribution in [0.3, 0.4) is 0 Å². The molecule has 4 amide bonds. The number of hydrogen-bond acceptors (Lipinski definition) is 11. The van der Waals surface area contributed by atoms with E-state index < -0.39 is 82.0 Å². The molecule has 61 heavy (non-hydrogen) atoms. The number of benzene rings is 3. The molecule has 2 saturated heterocycles. The molecule has 15 heteroatoms. The van der Waals surface area contributed by atoms with Gasteiger partial charge in [0.2, 0.25) is 11.1 Å². The van der Waals surface area contributed by atoms with E-state index in [-0.39, 0.29) is 13.1 Å². The number of likely N-dealkylation sites (tertiary alicyclic amines) is 2. The van der Waals surface area contributed by atoms with Crippen molar-refractivity contribution in [3.63, 3.8) is 0 Å². The van der Waals surface area contributed by atoms with Crippen LogP contribution >= 0.6 is 0 Å². The van der Waals surface area contributed by atoms with Crippen LogP contribution in [0.1, 0.15) is 86.8 Å². The van der Waals surface area contributed by atoms with E-state index >= 15 is 9.59 Å². The summed E-state index contributed by atoms with van der Waals surface area (Å²) in [6.07, 6.45) is -1.90. The predicted molar refractivity (Wildman–Crippen MR) is 226 cm³/mol. The van der Waals surface area contributed by atoms with Crippen molar-refractivity contribution in [1.29, 1.82) is 0 Å². The van der Waals surface area contributed by atoms with E-state index in [1.165, 1.54) is 0 Å². The van der Waals surface area contributed by atoms with E-state index in [1.54, 1.807) is 23.6 Å². The number of carbonyl (C=O) groups is 6. The van der Waals surface area contributed by atoms with Gasteiger partial charge in [-0.05, 0) is 104 Å². The first-order valence-electron chi connectivity index (χ1n) is 21.0. The van der Waals surface area contributed by atoms with Gasteiger partial charge in [-0.3, -0.25) is 19.4 Å². The van der Waals surface area contributed by atoms with Crippen LogP contribution in [0.15, 0.2) is 66.7 Å². The molecule has 3 aromatic rings. The highest BCUT2D eigenvalue weighted by Crippen LogP contribution is 2.55. The molecule has 9 rings (SSSR count). The number of aryl methyl sites for hydroxylation is 1. The predicted octanol–water partition coefficient (Wildman–Crippen LogP) is 3.95. The van der Waals surface area contributed by atoms with E-state index in [4.69, 9.17) is 32.4 Å². The van der Waals surface area contributed by atoms with Crippen molar-refractivity contribution < 1.29 is 38.2 Å². The third-order valence-corrected chi connectivity index (χ3v) is 15.2. The van der Waals surface area contributed by atoms with Gasteiger partial charge in [0.25, 0.3) is 11.8 Å². The van der Waals surface area contributed by atoms with Crippen molar-refractivity contribution in [3.05, 3.63) is 100 Å². The Hall–Kier alpha value is -5.80. The average Bonchev–Trinajstić information content (AvgIpc) is 3.78. The monoisotopic (exact) mass is 835 g/mol. The number of hydrogen-bond donors (Lipinski definition) is 4. The Kier molecular flexibility index (Phi) is 11.1. The summed E-state index contributed by atoms with van der Waals surface area (Å²) < 4.78 is 10.6. The molecular formula is C46H57N7O8. The summed E-state index contributed by atoms with van der Waals surface area (Å²) in [5.74, 6) is -5.28. The van der Waals surface area contributed by atoms with E-state index in [2.05, 4.69) is 0 Å². The number of rotatable bonds is 11. The quantitative estimate of drug-likeness (QED) is 0.160. The first-order chi connectivity index (χ1) is 28.8. The SMILES string of the molecule is Cc1cccc(N(C2CCCN2[C@@](C(N)=O)(C(=O)OC(N)=O)[C@@]2(C)c3ccc(cc3)CC2C)C2CCCN2[C@@](C(N)=O)(C(=O)OC(N)=O)[C@@]2(C)c3ccc(cc3)CC2C)c1C. The Labute approximate surface area is 356 Å². The molecule has 4 unspecified atom stereocenters. The fourth-order valence-electron chi connectivity index (χ4n) is 11.8. The summed E-state index contributed by atoms with van der Waals surface area (Å²) >= 11 is 0. The van der Waals surface area contributed by atoms with Gasteiger partial charge < -0.3 is 37.3 Å². The molecule has 8 N–H and O–H groups in total.